The Labute approximate surface area is 193 Å². The number of thioether (sulfide) groups is 1. The zero-order chi connectivity index (χ0) is 23.3. The number of hydrogen-bond donors (Lipinski definition) is 1. The van der Waals surface area contributed by atoms with Crippen molar-refractivity contribution < 1.29 is 19.1 Å². The summed E-state index contributed by atoms with van der Waals surface area (Å²) in [5.41, 5.74) is 1.62. The van der Waals surface area contributed by atoms with E-state index in [-0.39, 0.29) is 29.6 Å². The molecule has 0 aliphatic heterocycles. The third kappa shape index (κ3) is 5.05. The number of ether oxygens (including phenoxy) is 1. The molecule has 0 bridgehead atoms. The van der Waals surface area contributed by atoms with Crippen LogP contribution in [0.15, 0.2) is 29.7 Å². The minimum absolute atomic E-state index is 0.0586. The standard InChI is InChI=1S/C21H23N5O4S2/c1-5-26-18(14-7-9-22-10-8-14)24-25-21(26)31-11-15(28)23-19-16(20(29)30-6-2)12(3)17(32-19)13(4)27/h7-10H,5-6,11H2,1-4H3,(H,23,28). The lowest BCUT2D eigenvalue weighted by Crippen LogP contribution is -2.17. The number of carbonyl (C=O) groups is 3. The number of pyridine rings is 1. The molecule has 3 rings (SSSR count). The van der Waals surface area contributed by atoms with Gasteiger partial charge in [-0.1, -0.05) is 11.8 Å². The molecule has 32 heavy (non-hydrogen) atoms. The number of aromatic nitrogens is 4. The molecule has 1 amide bonds. The topological polar surface area (TPSA) is 116 Å². The SMILES string of the molecule is CCOC(=O)c1c(NC(=O)CSc2nnc(-c3ccncc3)n2CC)sc(C(C)=O)c1C. The van der Waals surface area contributed by atoms with Crippen LogP contribution in [-0.4, -0.2) is 49.8 Å². The van der Waals surface area contributed by atoms with Crippen LogP contribution in [-0.2, 0) is 16.1 Å². The first-order chi connectivity index (χ1) is 15.4. The summed E-state index contributed by atoms with van der Waals surface area (Å²) in [7, 11) is 0. The van der Waals surface area contributed by atoms with Crippen molar-refractivity contribution in [3.05, 3.63) is 40.5 Å². The first-order valence-corrected chi connectivity index (χ1v) is 11.7. The highest BCUT2D eigenvalue weighted by Crippen LogP contribution is 2.34. The van der Waals surface area contributed by atoms with E-state index in [4.69, 9.17) is 4.74 Å². The number of rotatable bonds is 9. The van der Waals surface area contributed by atoms with E-state index >= 15 is 0 Å². The number of nitrogens with zero attached hydrogens (tertiary/aromatic N) is 4. The lowest BCUT2D eigenvalue weighted by atomic mass is 10.1. The monoisotopic (exact) mass is 473 g/mol. The van der Waals surface area contributed by atoms with Gasteiger partial charge < -0.3 is 14.6 Å². The van der Waals surface area contributed by atoms with Gasteiger partial charge >= 0.3 is 5.97 Å². The van der Waals surface area contributed by atoms with Crippen LogP contribution in [0.2, 0.25) is 0 Å². The molecule has 3 heterocycles. The van der Waals surface area contributed by atoms with Gasteiger partial charge in [0.2, 0.25) is 5.91 Å². The molecule has 3 aromatic heterocycles. The Balaban J connectivity index is 1.76. The number of amides is 1. The highest BCUT2D eigenvalue weighted by Gasteiger charge is 2.25. The molecule has 3 aromatic rings. The van der Waals surface area contributed by atoms with E-state index in [2.05, 4.69) is 20.5 Å². The third-order valence-electron chi connectivity index (χ3n) is 4.50. The lowest BCUT2D eigenvalue weighted by Gasteiger charge is -2.08. The van der Waals surface area contributed by atoms with Gasteiger partial charge in [0.05, 0.1) is 22.8 Å². The van der Waals surface area contributed by atoms with E-state index in [1.807, 2.05) is 23.6 Å². The van der Waals surface area contributed by atoms with Crippen LogP contribution >= 0.6 is 23.1 Å². The average molecular weight is 474 g/mol. The fourth-order valence-corrected chi connectivity index (χ4v) is 4.98. The number of anilines is 1. The number of thiophene rings is 1. The zero-order valence-corrected chi connectivity index (χ0v) is 19.8. The number of nitrogens with one attached hydrogen (secondary N) is 1. The summed E-state index contributed by atoms with van der Waals surface area (Å²) < 4.78 is 7.02. The summed E-state index contributed by atoms with van der Waals surface area (Å²) in [5, 5.41) is 12.1. The number of hydrogen-bond acceptors (Lipinski definition) is 9. The van der Waals surface area contributed by atoms with Gasteiger partial charge in [-0.2, -0.15) is 0 Å². The minimum atomic E-state index is -0.565. The van der Waals surface area contributed by atoms with Crippen LogP contribution in [0.1, 0.15) is 46.4 Å². The van der Waals surface area contributed by atoms with Crippen LogP contribution in [0.25, 0.3) is 11.4 Å². The number of ketones is 1. The summed E-state index contributed by atoms with van der Waals surface area (Å²) in [6.45, 7) is 7.60. The Kier molecular flexibility index (Phi) is 7.75. The maximum atomic E-state index is 12.7. The molecule has 0 aromatic carbocycles. The van der Waals surface area contributed by atoms with Crippen LogP contribution in [0.3, 0.4) is 0 Å². The molecular formula is C21H23N5O4S2. The first-order valence-electron chi connectivity index (χ1n) is 9.95. The smallest absolute Gasteiger partial charge is 0.341 e. The van der Waals surface area contributed by atoms with Crippen molar-refractivity contribution in [2.24, 2.45) is 0 Å². The summed E-state index contributed by atoms with van der Waals surface area (Å²) in [6.07, 6.45) is 3.37. The fourth-order valence-electron chi connectivity index (χ4n) is 3.07. The van der Waals surface area contributed by atoms with Crippen molar-refractivity contribution in [2.45, 2.75) is 39.4 Å². The van der Waals surface area contributed by atoms with Crippen LogP contribution < -0.4 is 5.32 Å². The van der Waals surface area contributed by atoms with E-state index in [1.165, 1.54) is 18.7 Å². The van der Waals surface area contributed by atoms with Crippen LogP contribution in [0.4, 0.5) is 5.00 Å². The van der Waals surface area contributed by atoms with Crippen molar-refractivity contribution in [1.82, 2.24) is 19.7 Å². The van der Waals surface area contributed by atoms with Gasteiger partial charge in [0, 0.05) is 24.5 Å². The molecule has 0 radical (unpaired) electrons. The third-order valence-corrected chi connectivity index (χ3v) is 6.78. The maximum Gasteiger partial charge on any atom is 0.341 e. The van der Waals surface area contributed by atoms with Gasteiger partial charge in [-0.3, -0.25) is 14.6 Å². The Hall–Kier alpha value is -3.05. The van der Waals surface area contributed by atoms with Crippen molar-refractivity contribution in [2.75, 3.05) is 17.7 Å². The van der Waals surface area contributed by atoms with E-state index < -0.39 is 5.97 Å². The minimum Gasteiger partial charge on any atom is -0.462 e. The highest BCUT2D eigenvalue weighted by molar-refractivity contribution is 7.99. The summed E-state index contributed by atoms with van der Waals surface area (Å²) in [4.78, 5) is 41.4. The Bertz CT molecular complexity index is 1140. The fraction of sp³-hybridized carbons (Fsp3) is 0.333. The number of esters is 1. The van der Waals surface area contributed by atoms with Gasteiger partial charge in [0.1, 0.15) is 5.00 Å². The zero-order valence-electron chi connectivity index (χ0n) is 18.2. The van der Waals surface area contributed by atoms with E-state index in [1.54, 1.807) is 26.2 Å². The van der Waals surface area contributed by atoms with Crippen molar-refractivity contribution in [1.29, 1.82) is 0 Å². The first kappa shape index (κ1) is 23.6. The molecule has 0 atom stereocenters. The van der Waals surface area contributed by atoms with Gasteiger partial charge in [0.15, 0.2) is 16.8 Å². The predicted octanol–water partition coefficient (Wildman–Crippen LogP) is 3.84. The largest absolute Gasteiger partial charge is 0.462 e. The molecular weight excluding hydrogens is 450 g/mol. The predicted molar refractivity (Wildman–Crippen MR) is 123 cm³/mol. The van der Waals surface area contributed by atoms with Crippen LogP contribution in [0, 0.1) is 6.92 Å². The molecule has 0 aliphatic carbocycles. The van der Waals surface area contributed by atoms with Gasteiger partial charge in [-0.25, -0.2) is 4.79 Å². The van der Waals surface area contributed by atoms with E-state index in [0.717, 1.165) is 16.9 Å². The molecule has 11 heteroatoms. The van der Waals surface area contributed by atoms with E-state index in [0.29, 0.717) is 33.0 Å². The van der Waals surface area contributed by atoms with Crippen molar-refractivity contribution >= 4 is 45.8 Å². The molecule has 0 saturated carbocycles. The van der Waals surface area contributed by atoms with Gasteiger partial charge in [-0.15, -0.1) is 21.5 Å². The number of carbonyl (C=O) groups excluding carboxylic acids is 3. The highest BCUT2D eigenvalue weighted by atomic mass is 32.2. The normalized spacial score (nSPS) is 10.8. The molecule has 0 aliphatic rings. The molecule has 9 nitrogen and oxygen atoms in total. The van der Waals surface area contributed by atoms with Crippen molar-refractivity contribution in [3.63, 3.8) is 0 Å². The quantitative estimate of drug-likeness (QED) is 0.283. The second-order valence-electron chi connectivity index (χ2n) is 6.66. The Morgan fingerprint density at radius 3 is 2.53 bits per heavy atom. The Morgan fingerprint density at radius 2 is 1.91 bits per heavy atom. The molecule has 1 N–H and O–H groups in total. The van der Waals surface area contributed by atoms with Gasteiger partial charge in [0.25, 0.3) is 0 Å². The lowest BCUT2D eigenvalue weighted by molar-refractivity contribution is -0.113. The summed E-state index contributed by atoms with van der Waals surface area (Å²) in [6, 6.07) is 3.69. The molecule has 0 saturated heterocycles. The summed E-state index contributed by atoms with van der Waals surface area (Å²) in [5.74, 6) is -0.309. The molecule has 0 fully saturated rings. The van der Waals surface area contributed by atoms with Crippen molar-refractivity contribution in [3.8, 4) is 11.4 Å². The Morgan fingerprint density at radius 1 is 1.19 bits per heavy atom. The maximum absolute atomic E-state index is 12.7. The average Bonchev–Trinajstić information content (AvgIpc) is 3.33. The summed E-state index contributed by atoms with van der Waals surface area (Å²) >= 11 is 2.32. The second kappa shape index (κ2) is 10.5. The molecule has 0 unspecified atom stereocenters. The van der Waals surface area contributed by atoms with Gasteiger partial charge in [-0.05, 0) is 45.4 Å². The number of Topliss-reactive ketones (excluding diaryl/α,β-unsaturated/α-hetero) is 1. The van der Waals surface area contributed by atoms with Crippen LogP contribution in [0.5, 0.6) is 0 Å². The molecule has 168 valence electrons. The second-order valence-corrected chi connectivity index (χ2v) is 8.62. The molecule has 0 spiro atoms. The van der Waals surface area contributed by atoms with E-state index in [9.17, 15) is 14.4 Å².